The van der Waals surface area contributed by atoms with Crippen molar-refractivity contribution < 1.29 is 4.74 Å². The maximum atomic E-state index is 5.60. The lowest BCUT2D eigenvalue weighted by atomic mass is 9.95. The summed E-state index contributed by atoms with van der Waals surface area (Å²) in [4.78, 5) is 2.88. The van der Waals surface area contributed by atoms with E-state index < -0.39 is 0 Å². The van der Waals surface area contributed by atoms with Crippen molar-refractivity contribution >= 4 is 11.3 Å². The highest BCUT2D eigenvalue weighted by atomic mass is 32.1. The number of hydrogen-bond acceptors (Lipinski definition) is 3. The largest absolute Gasteiger partial charge is 0.380 e. The molecule has 0 aliphatic heterocycles. The molecule has 1 saturated carbocycles. The Morgan fingerprint density at radius 3 is 2.72 bits per heavy atom. The van der Waals surface area contributed by atoms with Crippen LogP contribution in [0, 0.1) is 5.92 Å². The van der Waals surface area contributed by atoms with E-state index in [9.17, 15) is 0 Å². The van der Waals surface area contributed by atoms with Gasteiger partial charge in [0.25, 0.3) is 0 Å². The molecule has 1 heterocycles. The van der Waals surface area contributed by atoms with Gasteiger partial charge in [0, 0.05) is 29.5 Å². The summed E-state index contributed by atoms with van der Waals surface area (Å²) in [6.07, 6.45) is 2.75. The Morgan fingerprint density at radius 1 is 1.33 bits per heavy atom. The first-order chi connectivity index (χ1) is 8.55. The van der Waals surface area contributed by atoms with Gasteiger partial charge in [0.15, 0.2) is 0 Å². The van der Waals surface area contributed by atoms with E-state index in [2.05, 4.69) is 38.2 Å². The highest BCUT2D eigenvalue weighted by Crippen LogP contribution is 2.29. The molecule has 0 amide bonds. The van der Waals surface area contributed by atoms with Crippen LogP contribution >= 0.6 is 11.3 Å². The van der Waals surface area contributed by atoms with Crippen molar-refractivity contribution in [2.24, 2.45) is 5.92 Å². The normalized spacial score (nSPS) is 16.2. The molecule has 1 fully saturated rings. The van der Waals surface area contributed by atoms with Crippen molar-refractivity contribution in [1.29, 1.82) is 0 Å². The molecule has 0 saturated heterocycles. The summed E-state index contributed by atoms with van der Waals surface area (Å²) in [5, 5.41) is 3.45. The van der Waals surface area contributed by atoms with E-state index in [1.165, 1.54) is 22.6 Å². The van der Waals surface area contributed by atoms with Crippen LogP contribution in [0.5, 0.6) is 0 Å². The molecule has 1 N–H and O–H groups in total. The number of nitrogens with one attached hydrogen (secondary N) is 1. The molecular formula is C15H25NOS. The van der Waals surface area contributed by atoms with Crippen LogP contribution in [-0.2, 0) is 16.7 Å². The van der Waals surface area contributed by atoms with Crippen molar-refractivity contribution in [2.45, 2.75) is 45.6 Å². The molecule has 1 aliphatic rings. The lowest BCUT2D eigenvalue weighted by Crippen LogP contribution is -2.19. The van der Waals surface area contributed by atoms with Gasteiger partial charge >= 0.3 is 0 Å². The minimum atomic E-state index is 0.274. The third kappa shape index (κ3) is 4.71. The highest BCUT2D eigenvalue weighted by molar-refractivity contribution is 7.12. The van der Waals surface area contributed by atoms with Gasteiger partial charge in [-0.15, -0.1) is 11.3 Å². The summed E-state index contributed by atoms with van der Waals surface area (Å²) < 4.78 is 5.60. The summed E-state index contributed by atoms with van der Waals surface area (Å²) in [5.41, 5.74) is 0.274. The number of rotatable bonds is 7. The van der Waals surface area contributed by atoms with Crippen molar-refractivity contribution in [2.75, 3.05) is 19.8 Å². The van der Waals surface area contributed by atoms with E-state index in [-0.39, 0.29) is 5.41 Å². The highest BCUT2D eigenvalue weighted by Gasteiger charge is 2.20. The Kier molecular flexibility index (Phi) is 4.82. The third-order valence-electron chi connectivity index (χ3n) is 3.17. The average Bonchev–Trinajstić information content (AvgIpc) is 2.98. The van der Waals surface area contributed by atoms with E-state index in [1.54, 1.807) is 0 Å². The van der Waals surface area contributed by atoms with Crippen molar-refractivity contribution in [1.82, 2.24) is 5.32 Å². The van der Waals surface area contributed by atoms with E-state index in [4.69, 9.17) is 4.74 Å². The van der Waals surface area contributed by atoms with Crippen LogP contribution in [0.1, 0.15) is 43.4 Å². The molecule has 2 rings (SSSR count). The number of thiophene rings is 1. The Morgan fingerprint density at radius 2 is 2.11 bits per heavy atom. The zero-order chi connectivity index (χ0) is 13.0. The Balaban J connectivity index is 1.59. The second-order valence-corrected chi connectivity index (χ2v) is 7.38. The summed E-state index contributed by atoms with van der Waals surface area (Å²) >= 11 is 1.92. The molecule has 0 spiro atoms. The molecule has 0 bridgehead atoms. The molecule has 3 heteroatoms. The Labute approximate surface area is 115 Å². The van der Waals surface area contributed by atoms with Crippen molar-refractivity contribution in [3.8, 4) is 0 Å². The maximum Gasteiger partial charge on any atom is 0.0591 e. The summed E-state index contributed by atoms with van der Waals surface area (Å²) in [6.45, 7) is 10.5. The summed E-state index contributed by atoms with van der Waals surface area (Å²) in [7, 11) is 0. The van der Waals surface area contributed by atoms with Gasteiger partial charge in [0.1, 0.15) is 0 Å². The Hall–Kier alpha value is -0.380. The molecule has 102 valence electrons. The maximum absolute atomic E-state index is 5.60. The molecule has 0 unspecified atom stereocenters. The SMILES string of the molecule is CC(C)(C)c1ccc(CNCCOCC2CC2)s1. The number of ether oxygens (including phenoxy) is 1. The molecule has 1 aromatic rings. The molecule has 0 atom stereocenters. The predicted octanol–water partition coefficient (Wildman–Crippen LogP) is 3.56. The van der Waals surface area contributed by atoms with Crippen LogP contribution < -0.4 is 5.32 Å². The smallest absolute Gasteiger partial charge is 0.0591 e. The Bertz CT molecular complexity index is 363. The van der Waals surface area contributed by atoms with Crippen LogP contribution in [0.4, 0.5) is 0 Å². The van der Waals surface area contributed by atoms with Gasteiger partial charge in [-0.05, 0) is 36.3 Å². The first-order valence-corrected chi connectivity index (χ1v) is 7.75. The fourth-order valence-corrected chi connectivity index (χ4v) is 2.80. The molecule has 18 heavy (non-hydrogen) atoms. The van der Waals surface area contributed by atoms with Gasteiger partial charge in [0.05, 0.1) is 6.61 Å². The fraction of sp³-hybridized carbons (Fsp3) is 0.733. The van der Waals surface area contributed by atoms with Crippen LogP contribution in [0.2, 0.25) is 0 Å². The fourth-order valence-electron chi connectivity index (χ4n) is 1.77. The van der Waals surface area contributed by atoms with E-state index in [0.29, 0.717) is 0 Å². The first-order valence-electron chi connectivity index (χ1n) is 6.93. The minimum Gasteiger partial charge on any atom is -0.380 e. The third-order valence-corrected chi connectivity index (χ3v) is 4.68. The van der Waals surface area contributed by atoms with Crippen LogP contribution in [0.3, 0.4) is 0 Å². The van der Waals surface area contributed by atoms with Gasteiger partial charge in [-0.1, -0.05) is 20.8 Å². The van der Waals surface area contributed by atoms with E-state index in [1.807, 2.05) is 11.3 Å². The lowest BCUT2D eigenvalue weighted by molar-refractivity contribution is 0.126. The van der Waals surface area contributed by atoms with Crippen molar-refractivity contribution in [3.05, 3.63) is 21.9 Å². The van der Waals surface area contributed by atoms with Gasteiger partial charge in [-0.25, -0.2) is 0 Å². The lowest BCUT2D eigenvalue weighted by Gasteiger charge is -2.15. The molecule has 0 radical (unpaired) electrons. The molecule has 2 nitrogen and oxygen atoms in total. The first kappa shape index (κ1) is 14.0. The van der Waals surface area contributed by atoms with Crippen LogP contribution in [-0.4, -0.2) is 19.8 Å². The van der Waals surface area contributed by atoms with Gasteiger partial charge in [-0.2, -0.15) is 0 Å². The minimum absolute atomic E-state index is 0.274. The molecule has 1 aliphatic carbocycles. The quantitative estimate of drug-likeness (QED) is 0.763. The zero-order valence-corrected chi connectivity index (χ0v) is 12.6. The predicted molar refractivity (Wildman–Crippen MR) is 78.3 cm³/mol. The monoisotopic (exact) mass is 267 g/mol. The second-order valence-electron chi connectivity index (χ2n) is 6.21. The van der Waals surface area contributed by atoms with Crippen LogP contribution in [0.15, 0.2) is 12.1 Å². The number of hydrogen-bond donors (Lipinski definition) is 1. The topological polar surface area (TPSA) is 21.3 Å². The molecular weight excluding hydrogens is 242 g/mol. The van der Waals surface area contributed by atoms with Gasteiger partial charge < -0.3 is 10.1 Å². The van der Waals surface area contributed by atoms with E-state index in [0.717, 1.165) is 32.2 Å². The molecule has 0 aromatic carbocycles. The van der Waals surface area contributed by atoms with Crippen molar-refractivity contribution in [3.63, 3.8) is 0 Å². The van der Waals surface area contributed by atoms with Gasteiger partial charge in [-0.3, -0.25) is 0 Å². The summed E-state index contributed by atoms with van der Waals surface area (Å²) in [6, 6.07) is 4.49. The van der Waals surface area contributed by atoms with E-state index >= 15 is 0 Å². The second kappa shape index (κ2) is 6.18. The van der Waals surface area contributed by atoms with Crippen LogP contribution in [0.25, 0.3) is 0 Å². The standard InChI is InChI=1S/C15H25NOS/c1-15(2,3)14-7-6-13(18-14)10-16-8-9-17-11-12-4-5-12/h6-7,12,16H,4-5,8-11H2,1-3H3. The van der Waals surface area contributed by atoms with Gasteiger partial charge in [0.2, 0.25) is 0 Å². The zero-order valence-electron chi connectivity index (χ0n) is 11.8. The average molecular weight is 267 g/mol. The summed E-state index contributed by atoms with van der Waals surface area (Å²) in [5.74, 6) is 0.872. The molecule has 1 aromatic heterocycles.